The molecule has 2 nitrogen and oxygen atoms in total. The summed E-state index contributed by atoms with van der Waals surface area (Å²) in [5.74, 6) is 0. The van der Waals surface area contributed by atoms with Crippen molar-refractivity contribution in [3.05, 3.63) is 35.2 Å². The monoisotopic (exact) mass is 265 g/mol. The average molecular weight is 265 g/mol. The van der Waals surface area contributed by atoms with E-state index < -0.39 is 11.0 Å². The van der Waals surface area contributed by atoms with Crippen LogP contribution in [0, 0.1) is 0 Å². The van der Waals surface area contributed by atoms with Crippen LogP contribution in [-0.2, 0) is 11.0 Å². The van der Waals surface area contributed by atoms with Gasteiger partial charge in [0, 0.05) is 10.9 Å². The Morgan fingerprint density at radius 2 is 2.06 bits per heavy atom. The second kappa shape index (κ2) is 4.70. The van der Waals surface area contributed by atoms with E-state index in [1.54, 1.807) is 17.6 Å². The van der Waals surface area contributed by atoms with E-state index in [1.807, 2.05) is 26.8 Å². The average Bonchev–Trinajstić information content (AvgIpc) is 2.71. The number of benzene rings is 1. The summed E-state index contributed by atoms with van der Waals surface area (Å²) in [6.45, 7) is 5.76. The SMILES string of the molecule is CC(C)(C)S(=O)N=Cc1ccc2sccc2c1. The predicted molar refractivity (Wildman–Crippen MR) is 77.3 cm³/mol. The van der Waals surface area contributed by atoms with Gasteiger partial charge in [0.1, 0.15) is 11.0 Å². The highest BCUT2D eigenvalue weighted by Gasteiger charge is 2.17. The fourth-order valence-corrected chi connectivity index (χ4v) is 2.64. The molecule has 1 unspecified atom stereocenters. The lowest BCUT2D eigenvalue weighted by molar-refractivity contribution is 0.651. The van der Waals surface area contributed by atoms with Crippen LogP contribution in [0.15, 0.2) is 34.0 Å². The first-order valence-electron chi connectivity index (χ1n) is 5.40. The molecule has 0 spiro atoms. The van der Waals surface area contributed by atoms with Crippen LogP contribution < -0.4 is 0 Å². The molecular weight excluding hydrogens is 250 g/mol. The molecule has 1 aromatic carbocycles. The summed E-state index contributed by atoms with van der Waals surface area (Å²) in [6, 6.07) is 8.22. The van der Waals surface area contributed by atoms with E-state index >= 15 is 0 Å². The van der Waals surface area contributed by atoms with Gasteiger partial charge < -0.3 is 0 Å². The molecule has 0 N–H and O–H groups in total. The first-order chi connectivity index (χ1) is 7.97. The zero-order chi connectivity index (χ0) is 12.5. The van der Waals surface area contributed by atoms with Crippen molar-refractivity contribution in [3.8, 4) is 0 Å². The van der Waals surface area contributed by atoms with Crippen LogP contribution in [-0.4, -0.2) is 15.2 Å². The molecule has 0 saturated heterocycles. The van der Waals surface area contributed by atoms with Crippen LogP contribution in [0.1, 0.15) is 26.3 Å². The molecule has 0 saturated carbocycles. The van der Waals surface area contributed by atoms with Crippen LogP contribution in [0.2, 0.25) is 0 Å². The Labute approximate surface area is 108 Å². The molecule has 90 valence electrons. The molecular formula is C13H15NOS2. The molecule has 2 rings (SSSR count). The van der Waals surface area contributed by atoms with Crippen LogP contribution in [0.5, 0.6) is 0 Å². The number of fused-ring (bicyclic) bond motifs is 1. The topological polar surface area (TPSA) is 29.4 Å². The Morgan fingerprint density at radius 3 is 2.76 bits per heavy atom. The fourth-order valence-electron chi connectivity index (χ4n) is 1.33. The molecule has 0 aliphatic rings. The third kappa shape index (κ3) is 3.01. The van der Waals surface area contributed by atoms with Crippen LogP contribution in [0.4, 0.5) is 0 Å². The minimum atomic E-state index is -1.19. The molecule has 1 atom stereocenters. The number of thiophene rings is 1. The highest BCUT2D eigenvalue weighted by Crippen LogP contribution is 2.21. The molecule has 0 aliphatic carbocycles. The molecule has 0 amide bonds. The van der Waals surface area contributed by atoms with Gasteiger partial charge in [-0.05, 0) is 55.3 Å². The van der Waals surface area contributed by atoms with Crippen molar-refractivity contribution in [1.29, 1.82) is 0 Å². The van der Waals surface area contributed by atoms with E-state index in [0.29, 0.717) is 0 Å². The first kappa shape index (κ1) is 12.5. The van der Waals surface area contributed by atoms with Gasteiger partial charge in [-0.3, -0.25) is 0 Å². The summed E-state index contributed by atoms with van der Waals surface area (Å²) in [4.78, 5) is 0. The summed E-state index contributed by atoms with van der Waals surface area (Å²) in [6.07, 6.45) is 1.69. The van der Waals surface area contributed by atoms with E-state index in [0.717, 1.165) is 5.56 Å². The van der Waals surface area contributed by atoms with Crippen LogP contribution in [0.3, 0.4) is 0 Å². The molecule has 0 bridgehead atoms. The third-order valence-electron chi connectivity index (χ3n) is 2.30. The van der Waals surface area contributed by atoms with E-state index in [-0.39, 0.29) is 4.75 Å². The van der Waals surface area contributed by atoms with Gasteiger partial charge in [-0.25, -0.2) is 4.21 Å². The third-order valence-corrected chi connectivity index (χ3v) is 4.54. The molecule has 1 aromatic heterocycles. The van der Waals surface area contributed by atoms with Crippen LogP contribution in [0.25, 0.3) is 10.1 Å². The van der Waals surface area contributed by atoms with Gasteiger partial charge in [0.25, 0.3) is 0 Å². The van der Waals surface area contributed by atoms with Crippen molar-refractivity contribution in [2.24, 2.45) is 4.40 Å². The molecule has 2 aromatic rings. The summed E-state index contributed by atoms with van der Waals surface area (Å²) >= 11 is 1.72. The zero-order valence-electron chi connectivity index (χ0n) is 10.1. The second-order valence-electron chi connectivity index (χ2n) is 4.81. The number of hydrogen-bond acceptors (Lipinski definition) is 2. The minimum absolute atomic E-state index is 0.303. The van der Waals surface area contributed by atoms with Gasteiger partial charge in [0.15, 0.2) is 0 Å². The zero-order valence-corrected chi connectivity index (χ0v) is 11.8. The van der Waals surface area contributed by atoms with Crippen molar-refractivity contribution in [2.45, 2.75) is 25.5 Å². The van der Waals surface area contributed by atoms with Gasteiger partial charge in [0.05, 0.1) is 4.75 Å². The van der Waals surface area contributed by atoms with Gasteiger partial charge >= 0.3 is 0 Å². The maximum absolute atomic E-state index is 11.8. The predicted octanol–water partition coefficient (Wildman–Crippen LogP) is 3.78. The van der Waals surface area contributed by atoms with Crippen molar-refractivity contribution in [2.75, 3.05) is 0 Å². The van der Waals surface area contributed by atoms with Crippen molar-refractivity contribution < 1.29 is 4.21 Å². The van der Waals surface area contributed by atoms with Crippen molar-refractivity contribution in [1.82, 2.24) is 0 Å². The van der Waals surface area contributed by atoms with Gasteiger partial charge in [-0.2, -0.15) is 4.40 Å². The highest BCUT2D eigenvalue weighted by molar-refractivity contribution is 7.85. The fraction of sp³-hybridized carbons (Fsp3) is 0.308. The van der Waals surface area contributed by atoms with Gasteiger partial charge in [-0.15, -0.1) is 11.3 Å². The Morgan fingerprint density at radius 1 is 1.29 bits per heavy atom. The lowest BCUT2D eigenvalue weighted by Gasteiger charge is -2.12. The molecule has 1 heterocycles. The minimum Gasteiger partial charge on any atom is -0.234 e. The van der Waals surface area contributed by atoms with Crippen LogP contribution >= 0.6 is 11.3 Å². The van der Waals surface area contributed by atoms with Gasteiger partial charge in [0.2, 0.25) is 0 Å². The molecule has 0 radical (unpaired) electrons. The molecule has 4 heteroatoms. The Hall–Kier alpha value is -1.00. The summed E-state index contributed by atoms with van der Waals surface area (Å²) in [5.41, 5.74) is 0.994. The Balaban J connectivity index is 2.23. The number of hydrogen-bond donors (Lipinski definition) is 0. The normalized spacial score (nSPS) is 14.5. The standard InChI is InChI=1S/C13H15NOS2/c1-13(2,3)17(15)14-9-10-4-5-12-11(8-10)6-7-16-12/h4-9H,1-3H3. The lowest BCUT2D eigenvalue weighted by Crippen LogP contribution is -2.19. The summed E-state index contributed by atoms with van der Waals surface area (Å²) < 4.78 is 16.8. The quantitative estimate of drug-likeness (QED) is 0.760. The lowest BCUT2D eigenvalue weighted by atomic mass is 10.2. The Kier molecular flexibility index (Phi) is 3.45. The Bertz CT molecular complexity index is 578. The van der Waals surface area contributed by atoms with Crippen molar-refractivity contribution >= 4 is 38.6 Å². The van der Waals surface area contributed by atoms with Gasteiger partial charge in [-0.1, -0.05) is 6.07 Å². The highest BCUT2D eigenvalue weighted by atomic mass is 32.2. The van der Waals surface area contributed by atoms with E-state index in [4.69, 9.17) is 0 Å². The molecule has 0 fully saturated rings. The number of nitrogens with zero attached hydrogens (tertiary/aromatic N) is 1. The summed E-state index contributed by atoms with van der Waals surface area (Å²) in [7, 11) is -1.19. The maximum Gasteiger partial charge on any atom is 0.144 e. The maximum atomic E-state index is 11.8. The van der Waals surface area contributed by atoms with E-state index in [2.05, 4.69) is 28.0 Å². The summed E-state index contributed by atoms with van der Waals surface area (Å²) in [5, 5.41) is 3.28. The number of rotatable bonds is 2. The molecule has 17 heavy (non-hydrogen) atoms. The second-order valence-corrected chi connectivity index (χ2v) is 7.70. The first-order valence-corrected chi connectivity index (χ1v) is 7.39. The van der Waals surface area contributed by atoms with E-state index in [1.165, 1.54) is 10.1 Å². The van der Waals surface area contributed by atoms with Crippen molar-refractivity contribution in [3.63, 3.8) is 0 Å². The smallest absolute Gasteiger partial charge is 0.144 e. The molecule has 0 aliphatic heterocycles. The van der Waals surface area contributed by atoms with E-state index in [9.17, 15) is 4.21 Å². The largest absolute Gasteiger partial charge is 0.234 e.